The molecule has 1 aromatic carbocycles. The van der Waals surface area contributed by atoms with Crippen molar-refractivity contribution in [2.24, 2.45) is 0 Å². The third-order valence-corrected chi connectivity index (χ3v) is 4.75. The third-order valence-electron chi connectivity index (χ3n) is 4.75. The summed E-state index contributed by atoms with van der Waals surface area (Å²) in [5.74, 6) is 0.950. The number of nitrogens with one attached hydrogen (secondary N) is 1. The van der Waals surface area contributed by atoms with E-state index >= 15 is 0 Å². The fraction of sp³-hybridized carbons (Fsp3) is 0.316. The van der Waals surface area contributed by atoms with Crippen LogP contribution in [-0.2, 0) is 4.79 Å². The summed E-state index contributed by atoms with van der Waals surface area (Å²) in [5.41, 5.74) is 2.10. The molecule has 1 aromatic heterocycles. The van der Waals surface area contributed by atoms with Crippen LogP contribution in [0.25, 0.3) is 6.08 Å². The Kier molecular flexibility index (Phi) is 4.09. The van der Waals surface area contributed by atoms with Gasteiger partial charge in [0.2, 0.25) is 0 Å². The zero-order chi connectivity index (χ0) is 17.2. The fourth-order valence-electron chi connectivity index (χ4n) is 3.48. The van der Waals surface area contributed by atoms with Crippen LogP contribution in [0, 0.1) is 0 Å². The summed E-state index contributed by atoms with van der Waals surface area (Å²) in [7, 11) is 0. The number of hydrogen-bond acceptors (Lipinski definition) is 4. The molecule has 0 spiro atoms. The average Bonchev–Trinajstić information content (AvgIpc) is 2.67. The fourth-order valence-corrected chi connectivity index (χ4v) is 3.48. The zero-order valence-corrected chi connectivity index (χ0v) is 13.8. The Morgan fingerprint density at radius 3 is 3.04 bits per heavy atom. The molecule has 1 unspecified atom stereocenters. The molecule has 0 saturated carbocycles. The summed E-state index contributed by atoms with van der Waals surface area (Å²) < 4.78 is 5.70. The third kappa shape index (κ3) is 3.20. The molecule has 25 heavy (non-hydrogen) atoms. The predicted molar refractivity (Wildman–Crippen MR) is 93.3 cm³/mol. The Morgan fingerprint density at radius 1 is 1.28 bits per heavy atom. The molecule has 0 bridgehead atoms. The molecular weight excluding hydrogens is 318 g/mol. The Morgan fingerprint density at radius 2 is 2.16 bits per heavy atom. The van der Waals surface area contributed by atoms with Crippen LogP contribution in [-0.4, -0.2) is 40.5 Å². The lowest BCUT2D eigenvalue weighted by Gasteiger charge is -2.33. The largest absolute Gasteiger partial charge is 0.488 e. The van der Waals surface area contributed by atoms with Gasteiger partial charge in [0.1, 0.15) is 12.4 Å². The van der Waals surface area contributed by atoms with E-state index in [2.05, 4.69) is 9.97 Å². The van der Waals surface area contributed by atoms with Crippen molar-refractivity contribution in [3.8, 4) is 5.75 Å². The molecule has 1 amide bonds. The van der Waals surface area contributed by atoms with Crippen LogP contribution >= 0.6 is 0 Å². The van der Waals surface area contributed by atoms with Crippen LogP contribution in [0.2, 0.25) is 0 Å². The Bertz CT molecular complexity index is 887. The van der Waals surface area contributed by atoms with Crippen molar-refractivity contribution in [3.63, 3.8) is 0 Å². The highest BCUT2D eigenvalue weighted by molar-refractivity contribution is 5.99. The lowest BCUT2D eigenvalue weighted by molar-refractivity contribution is -0.128. The standard InChI is InChI=1S/C19H19N3O3/c23-18(15-10-13-4-1-2-6-17(13)25-12-15)22-9-3-5-14(11-22)16-7-8-20-19(24)21-16/h1-2,4,6-8,10,14H,3,5,9,11-12H2,(H,20,21,24). The summed E-state index contributed by atoms with van der Waals surface area (Å²) >= 11 is 0. The van der Waals surface area contributed by atoms with Gasteiger partial charge in [-0.2, -0.15) is 0 Å². The molecule has 2 aliphatic rings. The lowest BCUT2D eigenvalue weighted by atomic mass is 9.94. The number of carbonyl (C=O) groups excluding carboxylic acids is 1. The number of likely N-dealkylation sites (tertiary alicyclic amines) is 1. The van der Waals surface area contributed by atoms with Gasteiger partial charge in [0.05, 0.1) is 5.57 Å². The van der Waals surface area contributed by atoms with Crippen LogP contribution in [0.15, 0.2) is 46.9 Å². The molecule has 0 aliphatic carbocycles. The number of aromatic nitrogens is 2. The van der Waals surface area contributed by atoms with Crippen LogP contribution in [0.1, 0.15) is 30.0 Å². The van der Waals surface area contributed by atoms with Crippen molar-refractivity contribution >= 4 is 12.0 Å². The van der Waals surface area contributed by atoms with E-state index in [4.69, 9.17) is 4.74 Å². The van der Waals surface area contributed by atoms with Crippen LogP contribution in [0.3, 0.4) is 0 Å². The second-order valence-electron chi connectivity index (χ2n) is 6.42. The van der Waals surface area contributed by atoms with Gasteiger partial charge in [-0.15, -0.1) is 0 Å². The smallest absolute Gasteiger partial charge is 0.345 e. The van der Waals surface area contributed by atoms with Crippen molar-refractivity contribution in [3.05, 3.63) is 63.8 Å². The van der Waals surface area contributed by atoms with E-state index in [9.17, 15) is 9.59 Å². The number of hydrogen-bond donors (Lipinski definition) is 1. The van der Waals surface area contributed by atoms with E-state index in [1.165, 1.54) is 6.20 Å². The van der Waals surface area contributed by atoms with Crippen molar-refractivity contribution in [2.75, 3.05) is 19.7 Å². The molecule has 1 atom stereocenters. The van der Waals surface area contributed by atoms with E-state index < -0.39 is 0 Å². The highest BCUT2D eigenvalue weighted by Gasteiger charge is 2.28. The van der Waals surface area contributed by atoms with Crippen molar-refractivity contribution in [1.82, 2.24) is 14.9 Å². The summed E-state index contributed by atoms with van der Waals surface area (Å²) in [6.45, 7) is 1.62. The van der Waals surface area contributed by atoms with Gasteiger partial charge in [-0.1, -0.05) is 18.2 Å². The highest BCUT2D eigenvalue weighted by Crippen LogP contribution is 2.29. The Labute approximate surface area is 145 Å². The zero-order valence-electron chi connectivity index (χ0n) is 13.8. The van der Waals surface area contributed by atoms with Gasteiger partial charge in [-0.25, -0.2) is 9.78 Å². The Balaban J connectivity index is 1.53. The maximum atomic E-state index is 12.9. The summed E-state index contributed by atoms with van der Waals surface area (Å²) in [6, 6.07) is 9.53. The van der Waals surface area contributed by atoms with E-state index in [0.717, 1.165) is 36.4 Å². The number of amides is 1. The van der Waals surface area contributed by atoms with Crippen molar-refractivity contribution < 1.29 is 9.53 Å². The molecule has 2 aromatic rings. The predicted octanol–water partition coefficient (Wildman–Crippen LogP) is 1.95. The number of rotatable bonds is 2. The number of ether oxygens (including phenoxy) is 1. The molecule has 1 N–H and O–H groups in total. The monoisotopic (exact) mass is 337 g/mol. The molecule has 4 rings (SSSR count). The van der Waals surface area contributed by atoms with Gasteiger partial charge < -0.3 is 14.6 Å². The van der Waals surface area contributed by atoms with Gasteiger partial charge in [-0.3, -0.25) is 4.79 Å². The SMILES string of the molecule is O=C(C1=Cc2ccccc2OC1)N1CCCC(c2ccnc(=O)[nH]2)C1. The molecule has 0 radical (unpaired) electrons. The van der Waals surface area contributed by atoms with Crippen LogP contribution in [0.4, 0.5) is 0 Å². The summed E-state index contributed by atoms with van der Waals surface area (Å²) in [5, 5.41) is 0. The number of para-hydroxylation sites is 1. The first-order chi connectivity index (χ1) is 12.2. The van der Waals surface area contributed by atoms with Gasteiger partial charge in [-0.05, 0) is 31.1 Å². The van der Waals surface area contributed by atoms with Crippen LogP contribution in [0.5, 0.6) is 5.75 Å². The number of benzene rings is 1. The maximum absolute atomic E-state index is 12.9. The molecular formula is C19H19N3O3. The topological polar surface area (TPSA) is 75.3 Å². The molecule has 1 saturated heterocycles. The normalized spacial score (nSPS) is 19.6. The number of piperidine rings is 1. The molecule has 6 nitrogen and oxygen atoms in total. The van der Waals surface area contributed by atoms with Crippen LogP contribution < -0.4 is 10.4 Å². The number of fused-ring (bicyclic) bond motifs is 1. The maximum Gasteiger partial charge on any atom is 0.345 e. The number of aromatic amines is 1. The first-order valence-electron chi connectivity index (χ1n) is 8.47. The van der Waals surface area contributed by atoms with Crippen molar-refractivity contribution in [1.29, 1.82) is 0 Å². The van der Waals surface area contributed by atoms with Gasteiger partial charge >= 0.3 is 5.69 Å². The van der Waals surface area contributed by atoms with Gasteiger partial charge in [0, 0.05) is 36.5 Å². The second kappa shape index (κ2) is 6.55. The van der Waals surface area contributed by atoms with Crippen molar-refractivity contribution in [2.45, 2.75) is 18.8 Å². The summed E-state index contributed by atoms with van der Waals surface area (Å²) in [4.78, 5) is 32.6. The summed E-state index contributed by atoms with van der Waals surface area (Å²) in [6.07, 6.45) is 5.29. The van der Waals surface area contributed by atoms with Gasteiger partial charge in [0.15, 0.2) is 0 Å². The van der Waals surface area contributed by atoms with E-state index in [-0.39, 0.29) is 17.5 Å². The van der Waals surface area contributed by atoms with E-state index in [1.54, 1.807) is 0 Å². The minimum Gasteiger partial charge on any atom is -0.488 e. The molecule has 2 aliphatic heterocycles. The molecule has 1 fully saturated rings. The van der Waals surface area contributed by atoms with Gasteiger partial charge in [0.25, 0.3) is 5.91 Å². The van der Waals surface area contributed by atoms with E-state index in [1.807, 2.05) is 41.3 Å². The average molecular weight is 337 g/mol. The first kappa shape index (κ1) is 15.6. The highest BCUT2D eigenvalue weighted by atomic mass is 16.5. The number of nitrogens with zero attached hydrogens (tertiary/aromatic N) is 2. The Hall–Kier alpha value is -2.89. The number of H-pyrrole nitrogens is 1. The first-order valence-corrected chi connectivity index (χ1v) is 8.47. The minimum absolute atomic E-state index is 0.00982. The molecule has 6 heteroatoms. The minimum atomic E-state index is -0.346. The molecule has 3 heterocycles. The second-order valence-corrected chi connectivity index (χ2v) is 6.42. The number of carbonyl (C=O) groups is 1. The molecule has 128 valence electrons. The quantitative estimate of drug-likeness (QED) is 0.909. The lowest BCUT2D eigenvalue weighted by Crippen LogP contribution is -2.41. The van der Waals surface area contributed by atoms with E-state index in [0.29, 0.717) is 18.7 Å².